The van der Waals surface area contributed by atoms with Crippen molar-refractivity contribution in [3.8, 4) is 0 Å². The van der Waals surface area contributed by atoms with E-state index >= 15 is 0 Å². The minimum absolute atomic E-state index is 0.633. The number of likely N-dealkylation sites (tertiary alicyclic amines) is 1. The fraction of sp³-hybridized carbons (Fsp3) is 0.650. The standard InChI is InChI=1S/C20H32N4O/c1-4-21-20(22-14-18-6-5-16(2)13-17(18)3)24-8-7-19(15-24)23-9-11-25-12-10-23/h5-6,13,19H,4,7-12,14-15H2,1-3H3,(H,21,22). The summed E-state index contributed by atoms with van der Waals surface area (Å²) >= 11 is 0. The third-order valence-corrected chi connectivity index (χ3v) is 5.26. The van der Waals surface area contributed by atoms with Crippen LogP contribution in [-0.4, -0.2) is 67.7 Å². The molecule has 5 heteroatoms. The Hall–Kier alpha value is -1.59. The zero-order valence-electron chi connectivity index (χ0n) is 15.9. The van der Waals surface area contributed by atoms with Gasteiger partial charge in [0.1, 0.15) is 0 Å². The molecular weight excluding hydrogens is 312 g/mol. The summed E-state index contributed by atoms with van der Waals surface area (Å²) in [4.78, 5) is 9.93. The molecule has 0 aromatic heterocycles. The van der Waals surface area contributed by atoms with Crippen LogP contribution in [0.4, 0.5) is 0 Å². The number of ether oxygens (including phenoxy) is 1. The molecule has 1 atom stereocenters. The highest BCUT2D eigenvalue weighted by Gasteiger charge is 2.30. The number of guanidine groups is 1. The summed E-state index contributed by atoms with van der Waals surface area (Å²) < 4.78 is 5.49. The van der Waals surface area contributed by atoms with Gasteiger partial charge >= 0.3 is 0 Å². The van der Waals surface area contributed by atoms with E-state index in [2.05, 4.69) is 54.1 Å². The molecule has 1 aromatic carbocycles. The van der Waals surface area contributed by atoms with E-state index < -0.39 is 0 Å². The molecular formula is C20H32N4O. The number of aliphatic imine (C=N–C) groups is 1. The first-order valence-electron chi connectivity index (χ1n) is 9.58. The molecule has 5 nitrogen and oxygen atoms in total. The van der Waals surface area contributed by atoms with E-state index in [0.717, 1.165) is 58.4 Å². The van der Waals surface area contributed by atoms with Crippen molar-refractivity contribution in [2.45, 2.75) is 39.8 Å². The van der Waals surface area contributed by atoms with Crippen LogP contribution >= 0.6 is 0 Å². The largest absolute Gasteiger partial charge is 0.379 e. The lowest BCUT2D eigenvalue weighted by molar-refractivity contribution is 0.0195. The summed E-state index contributed by atoms with van der Waals surface area (Å²) in [6.07, 6.45) is 1.22. The van der Waals surface area contributed by atoms with Crippen molar-refractivity contribution in [3.05, 3.63) is 34.9 Å². The normalized spacial score (nSPS) is 22.4. The number of rotatable bonds is 4. The van der Waals surface area contributed by atoms with Gasteiger partial charge in [0, 0.05) is 38.8 Å². The molecule has 0 saturated carbocycles. The fourth-order valence-corrected chi connectivity index (χ4v) is 3.78. The number of morpholine rings is 1. The molecule has 2 aliphatic rings. The second kappa shape index (κ2) is 8.68. The molecule has 1 N–H and O–H groups in total. The van der Waals surface area contributed by atoms with Gasteiger partial charge < -0.3 is 15.0 Å². The molecule has 2 aliphatic heterocycles. The topological polar surface area (TPSA) is 40.1 Å². The van der Waals surface area contributed by atoms with E-state index in [9.17, 15) is 0 Å². The van der Waals surface area contributed by atoms with E-state index in [4.69, 9.17) is 9.73 Å². The van der Waals surface area contributed by atoms with Gasteiger partial charge in [-0.15, -0.1) is 0 Å². The minimum Gasteiger partial charge on any atom is -0.379 e. The van der Waals surface area contributed by atoms with Crippen LogP contribution in [0.5, 0.6) is 0 Å². The van der Waals surface area contributed by atoms with Gasteiger partial charge in [-0.25, -0.2) is 4.99 Å². The summed E-state index contributed by atoms with van der Waals surface area (Å²) in [5, 5.41) is 3.48. The zero-order valence-corrected chi connectivity index (χ0v) is 15.9. The third kappa shape index (κ3) is 4.73. The Morgan fingerprint density at radius 1 is 1.24 bits per heavy atom. The Morgan fingerprint density at radius 3 is 2.76 bits per heavy atom. The molecule has 2 heterocycles. The summed E-state index contributed by atoms with van der Waals surface area (Å²) in [5.41, 5.74) is 3.95. The Labute approximate surface area is 152 Å². The number of benzene rings is 1. The second-order valence-electron chi connectivity index (χ2n) is 7.14. The van der Waals surface area contributed by atoms with Crippen LogP contribution < -0.4 is 5.32 Å². The number of aryl methyl sites for hydroxylation is 2. The van der Waals surface area contributed by atoms with Gasteiger partial charge in [0.15, 0.2) is 5.96 Å². The monoisotopic (exact) mass is 344 g/mol. The average molecular weight is 345 g/mol. The van der Waals surface area contributed by atoms with Crippen LogP contribution in [-0.2, 0) is 11.3 Å². The highest BCUT2D eigenvalue weighted by Crippen LogP contribution is 2.18. The van der Waals surface area contributed by atoms with Gasteiger partial charge in [-0.3, -0.25) is 4.90 Å². The van der Waals surface area contributed by atoms with Crippen LogP contribution in [0.3, 0.4) is 0 Å². The van der Waals surface area contributed by atoms with Crippen molar-refractivity contribution < 1.29 is 4.74 Å². The quantitative estimate of drug-likeness (QED) is 0.671. The Kier molecular flexibility index (Phi) is 6.32. The van der Waals surface area contributed by atoms with Gasteiger partial charge in [0.05, 0.1) is 19.8 Å². The smallest absolute Gasteiger partial charge is 0.194 e. The van der Waals surface area contributed by atoms with Crippen LogP contribution in [0.1, 0.15) is 30.0 Å². The fourth-order valence-electron chi connectivity index (χ4n) is 3.78. The average Bonchev–Trinajstić information content (AvgIpc) is 3.10. The summed E-state index contributed by atoms with van der Waals surface area (Å²) in [7, 11) is 0. The first kappa shape index (κ1) is 18.2. The molecule has 0 bridgehead atoms. The molecule has 25 heavy (non-hydrogen) atoms. The lowest BCUT2D eigenvalue weighted by Gasteiger charge is -2.32. The SMILES string of the molecule is CCNC(=NCc1ccc(C)cc1C)N1CCC(N2CCOCC2)C1. The van der Waals surface area contributed by atoms with Crippen molar-refractivity contribution in [1.29, 1.82) is 0 Å². The molecule has 0 radical (unpaired) electrons. The van der Waals surface area contributed by atoms with Crippen LogP contribution in [0.25, 0.3) is 0 Å². The van der Waals surface area contributed by atoms with E-state index in [1.165, 1.54) is 23.1 Å². The molecule has 3 rings (SSSR count). The van der Waals surface area contributed by atoms with Crippen molar-refractivity contribution in [1.82, 2.24) is 15.1 Å². The molecule has 2 fully saturated rings. The second-order valence-corrected chi connectivity index (χ2v) is 7.14. The first-order valence-corrected chi connectivity index (χ1v) is 9.58. The number of nitrogens with zero attached hydrogens (tertiary/aromatic N) is 3. The van der Waals surface area contributed by atoms with E-state index in [0.29, 0.717) is 6.04 Å². The van der Waals surface area contributed by atoms with E-state index in [1.807, 2.05) is 0 Å². The third-order valence-electron chi connectivity index (χ3n) is 5.26. The van der Waals surface area contributed by atoms with Crippen molar-refractivity contribution in [3.63, 3.8) is 0 Å². The molecule has 1 aromatic rings. The maximum atomic E-state index is 5.49. The number of hydrogen-bond acceptors (Lipinski definition) is 3. The Balaban J connectivity index is 1.64. The Bertz CT molecular complexity index is 595. The lowest BCUT2D eigenvalue weighted by Crippen LogP contribution is -2.46. The van der Waals surface area contributed by atoms with E-state index in [1.54, 1.807) is 0 Å². The van der Waals surface area contributed by atoms with Gasteiger partial charge in [0.2, 0.25) is 0 Å². The lowest BCUT2D eigenvalue weighted by atomic mass is 10.1. The van der Waals surface area contributed by atoms with Crippen molar-refractivity contribution >= 4 is 5.96 Å². The summed E-state index contributed by atoms with van der Waals surface area (Å²) in [6, 6.07) is 7.25. The minimum atomic E-state index is 0.633. The van der Waals surface area contributed by atoms with E-state index in [-0.39, 0.29) is 0 Å². The predicted octanol–water partition coefficient (Wildman–Crippen LogP) is 2.18. The molecule has 0 aliphatic carbocycles. The molecule has 0 amide bonds. The number of nitrogens with one attached hydrogen (secondary N) is 1. The van der Waals surface area contributed by atoms with Gasteiger partial charge in [-0.05, 0) is 38.3 Å². The first-order chi connectivity index (χ1) is 12.2. The van der Waals surface area contributed by atoms with Crippen LogP contribution in [0.15, 0.2) is 23.2 Å². The van der Waals surface area contributed by atoms with Crippen LogP contribution in [0, 0.1) is 13.8 Å². The van der Waals surface area contributed by atoms with Gasteiger partial charge in [-0.2, -0.15) is 0 Å². The maximum absolute atomic E-state index is 5.49. The van der Waals surface area contributed by atoms with Crippen molar-refractivity contribution in [2.75, 3.05) is 45.9 Å². The zero-order chi connectivity index (χ0) is 17.6. The maximum Gasteiger partial charge on any atom is 0.194 e. The van der Waals surface area contributed by atoms with Gasteiger partial charge in [-0.1, -0.05) is 23.8 Å². The molecule has 138 valence electrons. The van der Waals surface area contributed by atoms with Crippen LogP contribution in [0.2, 0.25) is 0 Å². The summed E-state index contributed by atoms with van der Waals surface area (Å²) in [6.45, 7) is 14.1. The molecule has 0 spiro atoms. The summed E-state index contributed by atoms with van der Waals surface area (Å²) in [5.74, 6) is 1.05. The van der Waals surface area contributed by atoms with Gasteiger partial charge in [0.25, 0.3) is 0 Å². The number of hydrogen-bond donors (Lipinski definition) is 1. The molecule has 2 saturated heterocycles. The Morgan fingerprint density at radius 2 is 2.04 bits per heavy atom. The molecule has 1 unspecified atom stereocenters. The predicted molar refractivity (Wildman–Crippen MR) is 103 cm³/mol. The highest BCUT2D eigenvalue weighted by atomic mass is 16.5. The highest BCUT2D eigenvalue weighted by molar-refractivity contribution is 5.80. The van der Waals surface area contributed by atoms with Crippen molar-refractivity contribution in [2.24, 2.45) is 4.99 Å².